The lowest BCUT2D eigenvalue weighted by atomic mass is 10.1. The van der Waals surface area contributed by atoms with Crippen LogP contribution in [0.25, 0.3) is 0 Å². The summed E-state index contributed by atoms with van der Waals surface area (Å²) in [6, 6.07) is 0. The number of nitrogen functional groups attached to an aromatic ring is 1. The number of nitrogens with zero attached hydrogens (tertiary/aromatic N) is 4. The van der Waals surface area contributed by atoms with E-state index < -0.39 is 17.2 Å². The molecule has 0 spiro atoms. The van der Waals surface area contributed by atoms with Crippen LogP contribution in [0.5, 0.6) is 0 Å². The van der Waals surface area contributed by atoms with Crippen molar-refractivity contribution < 1.29 is 4.79 Å². The van der Waals surface area contributed by atoms with Gasteiger partial charge in [0.25, 0.3) is 11.5 Å². The van der Waals surface area contributed by atoms with Crippen LogP contribution < -0.4 is 21.9 Å². The van der Waals surface area contributed by atoms with Crippen molar-refractivity contribution in [3.05, 3.63) is 45.1 Å². The Morgan fingerprint density at radius 1 is 1.33 bits per heavy atom. The topological polar surface area (TPSA) is 127 Å². The van der Waals surface area contributed by atoms with Crippen LogP contribution in [-0.4, -0.2) is 32.0 Å². The van der Waals surface area contributed by atoms with Gasteiger partial charge >= 0.3 is 5.69 Å². The SMILES string of the molecule is CCCCn1c(N)c(N(CCC(C)C)C(=O)c2cnccn2)c(=O)[nH]c1=O. The highest BCUT2D eigenvalue weighted by molar-refractivity contribution is 6.05. The number of H-pyrrole nitrogens is 1. The Morgan fingerprint density at radius 2 is 2.07 bits per heavy atom. The molecule has 0 fully saturated rings. The third kappa shape index (κ3) is 4.81. The molecule has 9 heteroatoms. The van der Waals surface area contributed by atoms with Crippen molar-refractivity contribution in [2.24, 2.45) is 5.92 Å². The number of unbranched alkanes of at least 4 members (excludes halogenated alkanes) is 1. The van der Waals surface area contributed by atoms with Crippen molar-refractivity contribution in [2.75, 3.05) is 17.2 Å². The zero-order valence-electron chi connectivity index (χ0n) is 15.9. The molecule has 0 bridgehead atoms. The molecule has 2 aromatic heterocycles. The molecule has 0 aliphatic rings. The minimum atomic E-state index is -0.689. The molecule has 3 N–H and O–H groups in total. The number of aromatic amines is 1. The van der Waals surface area contributed by atoms with Crippen molar-refractivity contribution in [3.63, 3.8) is 0 Å². The number of nitrogens with two attached hydrogens (primary N) is 1. The fourth-order valence-electron chi connectivity index (χ4n) is 2.63. The van der Waals surface area contributed by atoms with Crippen LogP contribution in [0.1, 0.15) is 50.5 Å². The Balaban J connectivity index is 2.56. The summed E-state index contributed by atoms with van der Waals surface area (Å²) < 4.78 is 1.30. The molecule has 1 amide bonds. The fraction of sp³-hybridized carbons (Fsp3) is 0.500. The normalized spacial score (nSPS) is 11.0. The van der Waals surface area contributed by atoms with Gasteiger partial charge in [0.05, 0.1) is 6.20 Å². The first-order valence-corrected chi connectivity index (χ1v) is 9.07. The lowest BCUT2D eigenvalue weighted by Crippen LogP contribution is -2.42. The molecule has 27 heavy (non-hydrogen) atoms. The molecule has 0 unspecified atom stereocenters. The zero-order valence-corrected chi connectivity index (χ0v) is 15.9. The second-order valence-electron chi connectivity index (χ2n) is 6.73. The highest BCUT2D eigenvalue weighted by Gasteiger charge is 2.26. The van der Waals surface area contributed by atoms with Crippen molar-refractivity contribution >= 4 is 17.4 Å². The molecule has 2 rings (SSSR count). The maximum atomic E-state index is 13.0. The summed E-state index contributed by atoms with van der Waals surface area (Å²) in [5, 5.41) is 0. The number of amides is 1. The average Bonchev–Trinajstić information content (AvgIpc) is 2.64. The van der Waals surface area contributed by atoms with Gasteiger partial charge in [-0.2, -0.15) is 0 Å². The molecule has 0 radical (unpaired) electrons. The Bertz CT molecular complexity index is 888. The first kappa shape index (κ1) is 20.3. The molecule has 2 aromatic rings. The summed E-state index contributed by atoms with van der Waals surface area (Å²) in [6.45, 7) is 6.65. The van der Waals surface area contributed by atoms with E-state index in [1.165, 1.54) is 28.1 Å². The average molecular weight is 374 g/mol. The summed E-state index contributed by atoms with van der Waals surface area (Å²) in [5.74, 6) is -0.201. The van der Waals surface area contributed by atoms with Gasteiger partial charge in [-0.15, -0.1) is 0 Å². The van der Waals surface area contributed by atoms with Crippen molar-refractivity contribution in [2.45, 2.75) is 46.6 Å². The van der Waals surface area contributed by atoms with Gasteiger partial charge < -0.3 is 5.73 Å². The number of carbonyl (C=O) groups is 1. The Kier molecular flexibility index (Phi) is 6.86. The van der Waals surface area contributed by atoms with E-state index in [0.717, 1.165) is 12.8 Å². The summed E-state index contributed by atoms with van der Waals surface area (Å²) in [6.07, 6.45) is 6.43. The van der Waals surface area contributed by atoms with Crippen molar-refractivity contribution in [1.82, 2.24) is 19.5 Å². The van der Waals surface area contributed by atoms with Crippen LogP contribution in [0.2, 0.25) is 0 Å². The maximum absolute atomic E-state index is 13.0. The summed E-state index contributed by atoms with van der Waals surface area (Å²) >= 11 is 0. The predicted molar refractivity (Wildman–Crippen MR) is 104 cm³/mol. The first-order chi connectivity index (χ1) is 12.9. The van der Waals surface area contributed by atoms with E-state index >= 15 is 0 Å². The Labute approximate surface area is 157 Å². The van der Waals surface area contributed by atoms with Crippen molar-refractivity contribution in [1.29, 1.82) is 0 Å². The zero-order chi connectivity index (χ0) is 20.0. The van der Waals surface area contributed by atoms with Gasteiger partial charge in [0.1, 0.15) is 11.5 Å². The van der Waals surface area contributed by atoms with Gasteiger partial charge in [-0.3, -0.25) is 29.0 Å². The van der Waals surface area contributed by atoms with Gasteiger partial charge in [-0.1, -0.05) is 27.2 Å². The largest absolute Gasteiger partial charge is 0.383 e. The predicted octanol–water partition coefficient (Wildman–Crippen LogP) is 1.40. The number of nitrogens with one attached hydrogen (secondary N) is 1. The number of anilines is 2. The van der Waals surface area contributed by atoms with Gasteiger partial charge in [-0.25, -0.2) is 9.78 Å². The van der Waals surface area contributed by atoms with Crippen LogP contribution >= 0.6 is 0 Å². The van der Waals surface area contributed by atoms with Crippen LogP contribution in [0, 0.1) is 5.92 Å². The van der Waals surface area contributed by atoms with Gasteiger partial charge in [0.2, 0.25) is 0 Å². The highest BCUT2D eigenvalue weighted by atomic mass is 16.2. The molecule has 9 nitrogen and oxygen atoms in total. The standard InChI is InChI=1S/C18H26N6O3/c1-4-5-9-24-15(19)14(16(25)22-18(24)27)23(10-6-12(2)3)17(26)13-11-20-7-8-21-13/h7-8,11-12H,4-6,9-10,19H2,1-3H3,(H,22,25,27). The molecule has 146 valence electrons. The number of rotatable bonds is 8. The monoisotopic (exact) mass is 374 g/mol. The second kappa shape index (κ2) is 9.11. The van der Waals surface area contributed by atoms with Crippen LogP contribution in [0.3, 0.4) is 0 Å². The van der Waals surface area contributed by atoms with E-state index in [4.69, 9.17) is 5.73 Å². The molecular formula is C18H26N6O3. The quantitative estimate of drug-likeness (QED) is 0.719. The second-order valence-corrected chi connectivity index (χ2v) is 6.73. The third-order valence-corrected chi connectivity index (χ3v) is 4.18. The molecule has 2 heterocycles. The van der Waals surface area contributed by atoms with Crippen molar-refractivity contribution in [3.8, 4) is 0 Å². The van der Waals surface area contributed by atoms with Gasteiger partial charge in [0, 0.05) is 25.5 Å². The maximum Gasteiger partial charge on any atom is 0.330 e. The smallest absolute Gasteiger partial charge is 0.330 e. The van der Waals surface area contributed by atoms with E-state index in [-0.39, 0.29) is 23.7 Å². The van der Waals surface area contributed by atoms with Crippen LogP contribution in [0.15, 0.2) is 28.2 Å². The van der Waals surface area contributed by atoms with Crippen LogP contribution in [-0.2, 0) is 6.54 Å². The minimum Gasteiger partial charge on any atom is -0.383 e. The summed E-state index contributed by atoms with van der Waals surface area (Å²) in [7, 11) is 0. The molecular weight excluding hydrogens is 348 g/mol. The molecule has 0 saturated carbocycles. The van der Waals surface area contributed by atoms with E-state index in [2.05, 4.69) is 15.0 Å². The van der Waals surface area contributed by atoms with E-state index in [1.54, 1.807) is 0 Å². The minimum absolute atomic E-state index is 0.0156. The Morgan fingerprint density at radius 3 is 2.67 bits per heavy atom. The summed E-state index contributed by atoms with van der Waals surface area (Å²) in [4.78, 5) is 49.2. The van der Waals surface area contributed by atoms with Gasteiger partial charge in [0.15, 0.2) is 5.69 Å². The van der Waals surface area contributed by atoms with Gasteiger partial charge in [-0.05, 0) is 18.8 Å². The summed E-state index contributed by atoms with van der Waals surface area (Å²) in [5.41, 5.74) is 4.97. The molecule has 0 saturated heterocycles. The number of hydrogen-bond acceptors (Lipinski definition) is 6. The molecule has 0 aliphatic heterocycles. The molecule has 0 aromatic carbocycles. The first-order valence-electron chi connectivity index (χ1n) is 9.07. The van der Waals surface area contributed by atoms with E-state index in [1.807, 2.05) is 20.8 Å². The van der Waals surface area contributed by atoms with E-state index in [0.29, 0.717) is 18.9 Å². The number of carbonyl (C=O) groups excluding carboxylic acids is 1. The lowest BCUT2D eigenvalue weighted by molar-refractivity contribution is 0.0980. The lowest BCUT2D eigenvalue weighted by Gasteiger charge is -2.25. The highest BCUT2D eigenvalue weighted by Crippen LogP contribution is 2.20. The van der Waals surface area contributed by atoms with E-state index in [9.17, 15) is 14.4 Å². The third-order valence-electron chi connectivity index (χ3n) is 4.18. The molecule has 0 atom stereocenters. The Hall–Kier alpha value is -2.97. The van der Waals surface area contributed by atoms with Crippen LogP contribution in [0.4, 0.5) is 11.5 Å². The fourth-order valence-corrected chi connectivity index (χ4v) is 2.63. The molecule has 0 aliphatic carbocycles. The number of aromatic nitrogens is 4. The number of hydrogen-bond donors (Lipinski definition) is 2.